The molecule has 1 saturated carbocycles. The van der Waals surface area contributed by atoms with E-state index in [1.54, 1.807) is 0 Å². The summed E-state index contributed by atoms with van der Waals surface area (Å²) in [4.78, 5) is 0. The zero-order chi connectivity index (χ0) is 9.97. The van der Waals surface area contributed by atoms with Gasteiger partial charge in [0.1, 0.15) is 0 Å². The summed E-state index contributed by atoms with van der Waals surface area (Å²) in [6.07, 6.45) is 5.22. The molecule has 76 valence electrons. The minimum atomic E-state index is 0.181. The first-order valence-corrected chi connectivity index (χ1v) is 5.38. The standard InChI is InChI=1S/C12H18N2/c13-11-7-3-6-10(8-11)12(14)9-4-1-2-5-9/h3,6-9,12H,1-2,4-5,13-14H2. The van der Waals surface area contributed by atoms with Gasteiger partial charge in [0, 0.05) is 11.7 Å². The average Bonchev–Trinajstić information content (AvgIpc) is 2.69. The normalized spacial score (nSPS) is 19.8. The van der Waals surface area contributed by atoms with E-state index >= 15 is 0 Å². The molecule has 1 aliphatic carbocycles. The maximum atomic E-state index is 6.21. The van der Waals surface area contributed by atoms with Gasteiger partial charge in [0.25, 0.3) is 0 Å². The van der Waals surface area contributed by atoms with E-state index in [9.17, 15) is 0 Å². The van der Waals surface area contributed by atoms with Crippen LogP contribution in [0.25, 0.3) is 0 Å². The van der Waals surface area contributed by atoms with Gasteiger partial charge >= 0.3 is 0 Å². The van der Waals surface area contributed by atoms with E-state index in [0.717, 1.165) is 5.69 Å². The van der Waals surface area contributed by atoms with Crippen LogP contribution in [0, 0.1) is 5.92 Å². The lowest BCUT2D eigenvalue weighted by molar-refractivity contribution is 0.445. The summed E-state index contributed by atoms with van der Waals surface area (Å²) in [6, 6.07) is 8.16. The van der Waals surface area contributed by atoms with Crippen molar-refractivity contribution in [3.8, 4) is 0 Å². The molecule has 0 radical (unpaired) electrons. The highest BCUT2D eigenvalue weighted by Crippen LogP contribution is 2.34. The molecular weight excluding hydrogens is 172 g/mol. The van der Waals surface area contributed by atoms with Crippen molar-refractivity contribution in [2.24, 2.45) is 11.7 Å². The van der Waals surface area contributed by atoms with Crippen LogP contribution in [0.15, 0.2) is 24.3 Å². The van der Waals surface area contributed by atoms with Gasteiger partial charge in [0.15, 0.2) is 0 Å². The molecule has 0 heterocycles. The second-order valence-electron chi connectivity index (χ2n) is 4.24. The van der Waals surface area contributed by atoms with Crippen LogP contribution >= 0.6 is 0 Å². The highest BCUT2D eigenvalue weighted by atomic mass is 14.7. The first-order chi connectivity index (χ1) is 6.77. The molecule has 1 aromatic carbocycles. The molecule has 0 spiro atoms. The molecule has 2 rings (SSSR count). The largest absolute Gasteiger partial charge is 0.399 e. The number of benzene rings is 1. The molecule has 0 bridgehead atoms. The van der Waals surface area contributed by atoms with Crippen molar-refractivity contribution in [2.75, 3.05) is 5.73 Å². The molecule has 4 N–H and O–H groups in total. The highest BCUT2D eigenvalue weighted by Gasteiger charge is 2.22. The monoisotopic (exact) mass is 190 g/mol. The molecule has 2 heteroatoms. The SMILES string of the molecule is Nc1cccc(C(N)C2CCCC2)c1. The molecule has 1 fully saturated rings. The van der Waals surface area contributed by atoms with Gasteiger partial charge in [-0.15, -0.1) is 0 Å². The molecule has 2 nitrogen and oxygen atoms in total. The Morgan fingerprint density at radius 1 is 1.21 bits per heavy atom. The molecule has 0 saturated heterocycles. The molecule has 0 aliphatic heterocycles. The second kappa shape index (κ2) is 4.01. The Kier molecular flexibility index (Phi) is 2.73. The number of anilines is 1. The van der Waals surface area contributed by atoms with E-state index in [2.05, 4.69) is 6.07 Å². The van der Waals surface area contributed by atoms with Crippen LogP contribution in [-0.2, 0) is 0 Å². The summed E-state index contributed by atoms with van der Waals surface area (Å²) >= 11 is 0. The first kappa shape index (κ1) is 9.53. The predicted molar refractivity (Wildman–Crippen MR) is 59.7 cm³/mol. The number of nitrogens with two attached hydrogens (primary N) is 2. The summed E-state index contributed by atoms with van der Waals surface area (Å²) < 4.78 is 0. The highest BCUT2D eigenvalue weighted by molar-refractivity contribution is 5.41. The van der Waals surface area contributed by atoms with E-state index in [4.69, 9.17) is 11.5 Å². The summed E-state index contributed by atoms with van der Waals surface area (Å²) in [5.74, 6) is 0.664. The van der Waals surface area contributed by atoms with Crippen molar-refractivity contribution in [3.05, 3.63) is 29.8 Å². The lowest BCUT2D eigenvalue weighted by Gasteiger charge is -2.19. The van der Waals surface area contributed by atoms with E-state index in [1.165, 1.54) is 31.2 Å². The van der Waals surface area contributed by atoms with Gasteiger partial charge in [-0.3, -0.25) is 0 Å². The van der Waals surface area contributed by atoms with Crippen LogP contribution in [-0.4, -0.2) is 0 Å². The van der Waals surface area contributed by atoms with E-state index in [0.29, 0.717) is 5.92 Å². The second-order valence-corrected chi connectivity index (χ2v) is 4.24. The van der Waals surface area contributed by atoms with Crippen LogP contribution in [0.1, 0.15) is 37.3 Å². The van der Waals surface area contributed by atoms with Crippen molar-refractivity contribution in [2.45, 2.75) is 31.7 Å². The van der Waals surface area contributed by atoms with Gasteiger partial charge in [-0.05, 0) is 36.5 Å². The molecule has 1 unspecified atom stereocenters. The number of hydrogen-bond acceptors (Lipinski definition) is 2. The quantitative estimate of drug-likeness (QED) is 0.704. The van der Waals surface area contributed by atoms with Gasteiger partial charge in [-0.1, -0.05) is 25.0 Å². The fourth-order valence-electron chi connectivity index (χ4n) is 2.36. The Hall–Kier alpha value is -1.02. The minimum absolute atomic E-state index is 0.181. The molecule has 1 atom stereocenters. The smallest absolute Gasteiger partial charge is 0.0324 e. The molecule has 0 aromatic heterocycles. The van der Waals surface area contributed by atoms with Crippen LogP contribution < -0.4 is 11.5 Å². The fraction of sp³-hybridized carbons (Fsp3) is 0.500. The Morgan fingerprint density at radius 3 is 2.57 bits per heavy atom. The maximum Gasteiger partial charge on any atom is 0.0324 e. The summed E-state index contributed by atoms with van der Waals surface area (Å²) in [5, 5.41) is 0. The number of hydrogen-bond donors (Lipinski definition) is 2. The Balaban J connectivity index is 2.13. The van der Waals surface area contributed by atoms with E-state index in [1.807, 2.05) is 18.2 Å². The zero-order valence-electron chi connectivity index (χ0n) is 8.45. The predicted octanol–water partition coefficient (Wildman–Crippen LogP) is 2.46. The van der Waals surface area contributed by atoms with Gasteiger partial charge in [0.05, 0.1) is 0 Å². The molecule has 14 heavy (non-hydrogen) atoms. The van der Waals surface area contributed by atoms with Crippen molar-refractivity contribution in [3.63, 3.8) is 0 Å². The van der Waals surface area contributed by atoms with Crippen LogP contribution in [0.4, 0.5) is 5.69 Å². The van der Waals surface area contributed by atoms with Crippen molar-refractivity contribution >= 4 is 5.69 Å². The van der Waals surface area contributed by atoms with Crippen LogP contribution in [0.3, 0.4) is 0 Å². The molecular formula is C12H18N2. The maximum absolute atomic E-state index is 6.21. The van der Waals surface area contributed by atoms with Gasteiger partial charge in [-0.25, -0.2) is 0 Å². The van der Waals surface area contributed by atoms with Crippen molar-refractivity contribution in [1.29, 1.82) is 0 Å². The van der Waals surface area contributed by atoms with Gasteiger partial charge in [0.2, 0.25) is 0 Å². The Bertz CT molecular complexity index is 303. The van der Waals surface area contributed by atoms with Gasteiger partial charge < -0.3 is 11.5 Å². The lowest BCUT2D eigenvalue weighted by Crippen LogP contribution is -2.19. The average molecular weight is 190 g/mol. The van der Waals surface area contributed by atoms with E-state index in [-0.39, 0.29) is 6.04 Å². The molecule has 0 amide bonds. The number of rotatable bonds is 2. The summed E-state index contributed by atoms with van der Waals surface area (Å²) in [7, 11) is 0. The Labute approximate surface area is 85.3 Å². The minimum Gasteiger partial charge on any atom is -0.399 e. The Morgan fingerprint density at radius 2 is 1.93 bits per heavy atom. The lowest BCUT2D eigenvalue weighted by atomic mass is 9.92. The summed E-state index contributed by atoms with van der Waals surface area (Å²) in [5.41, 5.74) is 14.0. The van der Waals surface area contributed by atoms with Crippen molar-refractivity contribution in [1.82, 2.24) is 0 Å². The summed E-state index contributed by atoms with van der Waals surface area (Å²) in [6.45, 7) is 0. The molecule has 1 aliphatic rings. The van der Waals surface area contributed by atoms with Gasteiger partial charge in [-0.2, -0.15) is 0 Å². The van der Waals surface area contributed by atoms with Crippen LogP contribution in [0.2, 0.25) is 0 Å². The molecule has 1 aromatic rings. The first-order valence-electron chi connectivity index (χ1n) is 5.38. The number of nitrogen functional groups attached to an aromatic ring is 1. The zero-order valence-corrected chi connectivity index (χ0v) is 8.45. The third kappa shape index (κ3) is 1.90. The third-order valence-corrected chi connectivity index (χ3v) is 3.20. The fourth-order valence-corrected chi connectivity index (χ4v) is 2.36. The van der Waals surface area contributed by atoms with Crippen LogP contribution in [0.5, 0.6) is 0 Å². The topological polar surface area (TPSA) is 52.0 Å². The van der Waals surface area contributed by atoms with Crippen molar-refractivity contribution < 1.29 is 0 Å². The van der Waals surface area contributed by atoms with E-state index < -0.39 is 0 Å². The third-order valence-electron chi connectivity index (χ3n) is 3.20.